The van der Waals surface area contributed by atoms with E-state index in [2.05, 4.69) is 5.10 Å². The maximum Gasteiger partial charge on any atom is 1.00 e. The first-order valence-electron chi connectivity index (χ1n) is 7.21. The smallest absolute Gasteiger partial charge is 0.844 e. The second-order valence-corrected chi connectivity index (χ2v) is 8.42. The van der Waals surface area contributed by atoms with Gasteiger partial charge in [-0.3, -0.25) is 19.6 Å². The van der Waals surface area contributed by atoms with Gasteiger partial charge < -0.3 is 21.2 Å². The summed E-state index contributed by atoms with van der Waals surface area (Å²) in [4.78, 5) is 23.3. The van der Waals surface area contributed by atoms with Crippen molar-refractivity contribution in [2.75, 3.05) is 5.73 Å². The normalized spacial score (nSPS) is 14.1. The van der Waals surface area contributed by atoms with E-state index in [1.54, 1.807) is 5.43 Å². The molecular formula is C13H9K2N5O9S2. The third kappa shape index (κ3) is 5.32. The first-order valence-corrected chi connectivity index (χ1v) is 10.1. The summed E-state index contributed by atoms with van der Waals surface area (Å²) in [5, 5.41) is 13.4. The van der Waals surface area contributed by atoms with E-state index >= 15 is 0 Å². The van der Waals surface area contributed by atoms with Gasteiger partial charge in [-0.15, -0.1) is 0 Å². The molecule has 0 saturated carbocycles. The molecule has 0 fully saturated rings. The van der Waals surface area contributed by atoms with E-state index in [9.17, 15) is 40.6 Å². The number of anilines is 1. The summed E-state index contributed by atoms with van der Waals surface area (Å²) in [6.45, 7) is 0. The summed E-state index contributed by atoms with van der Waals surface area (Å²) >= 11 is 0. The number of nitrogens with one attached hydrogen (secondary N) is 1. The predicted octanol–water partition coefficient (Wildman–Crippen LogP) is -8.73. The molecule has 14 nitrogen and oxygen atoms in total. The van der Waals surface area contributed by atoms with E-state index in [0.717, 1.165) is 0 Å². The average molecular weight is 522 g/mol. The van der Waals surface area contributed by atoms with Crippen molar-refractivity contribution in [2.24, 2.45) is 10.9 Å². The van der Waals surface area contributed by atoms with Gasteiger partial charge in [0.05, 0.1) is 27.7 Å². The maximum absolute atomic E-state index is 12.6. The van der Waals surface area contributed by atoms with E-state index in [1.165, 1.54) is 0 Å². The van der Waals surface area contributed by atoms with Crippen molar-refractivity contribution in [2.45, 2.75) is 9.79 Å². The SMILES string of the molecule is N/N=C(\[O-])NN1C(=O)c2cc(S(=O)(=O)[O-])cc3c(N)c(S(=O)(=O)O)cc(c23)C1=O.[K+].[K+]. The predicted molar refractivity (Wildman–Crippen MR) is 91.4 cm³/mol. The summed E-state index contributed by atoms with van der Waals surface area (Å²) in [6, 6.07) is 0.590. The van der Waals surface area contributed by atoms with E-state index in [0.29, 0.717) is 18.2 Å². The first-order chi connectivity index (χ1) is 13.3. The van der Waals surface area contributed by atoms with Gasteiger partial charge in [-0.25, -0.2) is 8.42 Å². The van der Waals surface area contributed by atoms with Gasteiger partial charge in [-0.1, -0.05) is 0 Å². The standard InChI is InChI=1S/C13H11N5O9S2.2K/c14-10-5-1-4(28(22,23)24)2-6-9(5)7(3-8(10)29(25,26)27)12(20)18(11(6)19)17-13(21)16-15;;/h1-3H,14-15H2,(H2,16,17,21)(H,22,23,24)(H,25,26,27);;/q;2*+1/p-2. The minimum atomic E-state index is -5.16. The fourth-order valence-corrected chi connectivity index (χ4v) is 3.97. The van der Waals surface area contributed by atoms with Crippen LogP contribution in [0.2, 0.25) is 0 Å². The molecule has 6 N–H and O–H groups in total. The van der Waals surface area contributed by atoms with Gasteiger partial charge in [-0.2, -0.15) is 18.5 Å². The van der Waals surface area contributed by atoms with Crippen LogP contribution in [0.5, 0.6) is 0 Å². The van der Waals surface area contributed by atoms with Crippen LogP contribution in [0.3, 0.4) is 0 Å². The van der Waals surface area contributed by atoms with E-state index in [4.69, 9.17) is 11.6 Å². The quantitative estimate of drug-likeness (QED) is 0.0429. The molecule has 31 heavy (non-hydrogen) atoms. The van der Waals surface area contributed by atoms with Gasteiger partial charge in [0.25, 0.3) is 21.9 Å². The molecule has 0 bridgehead atoms. The zero-order chi connectivity index (χ0) is 21.9. The Hall–Kier alpha value is -0.197. The van der Waals surface area contributed by atoms with E-state index in [1.807, 2.05) is 0 Å². The number of amidine groups is 1. The van der Waals surface area contributed by atoms with Crippen LogP contribution in [0.4, 0.5) is 5.69 Å². The van der Waals surface area contributed by atoms with Crippen LogP contribution in [-0.4, -0.2) is 48.8 Å². The number of nitrogens with two attached hydrogens (primary N) is 2. The molecule has 2 aromatic rings. The molecule has 18 heteroatoms. The number of benzene rings is 2. The topological polar surface area (TPSA) is 248 Å². The molecule has 0 aliphatic carbocycles. The second-order valence-electron chi connectivity index (χ2n) is 5.65. The van der Waals surface area contributed by atoms with Gasteiger partial charge in [-0.05, 0) is 18.2 Å². The molecule has 1 heterocycles. The Balaban J connectivity index is 0.00000240. The fraction of sp³-hybridized carbons (Fsp3) is 0. The van der Waals surface area contributed by atoms with Crippen LogP contribution in [0.15, 0.2) is 33.1 Å². The Bertz CT molecular complexity index is 1340. The largest absolute Gasteiger partial charge is 1.00 e. The molecule has 0 saturated heterocycles. The Labute approximate surface area is 259 Å². The number of hydrogen-bond acceptors (Lipinski definition) is 11. The molecule has 1 aliphatic heterocycles. The summed E-state index contributed by atoms with van der Waals surface area (Å²) < 4.78 is 67.0. The summed E-state index contributed by atoms with van der Waals surface area (Å²) in [6.07, 6.45) is 0. The van der Waals surface area contributed by atoms with Gasteiger partial charge in [0.2, 0.25) is 0 Å². The van der Waals surface area contributed by atoms with Crippen molar-refractivity contribution >= 4 is 54.5 Å². The fourth-order valence-electron chi connectivity index (χ4n) is 2.79. The third-order valence-electron chi connectivity index (χ3n) is 3.97. The Morgan fingerprint density at radius 3 is 2.03 bits per heavy atom. The van der Waals surface area contributed by atoms with Crippen molar-refractivity contribution in [3.05, 3.63) is 29.3 Å². The minimum absolute atomic E-state index is 0. The number of hydrogen-bond donors (Lipinski definition) is 4. The van der Waals surface area contributed by atoms with Gasteiger partial charge >= 0.3 is 103 Å². The van der Waals surface area contributed by atoms with E-state index in [-0.39, 0.29) is 113 Å². The van der Waals surface area contributed by atoms with Crippen molar-refractivity contribution in [1.29, 1.82) is 0 Å². The Kier molecular flexibility index (Phi) is 9.27. The Morgan fingerprint density at radius 1 is 1.06 bits per heavy atom. The van der Waals surface area contributed by atoms with Crippen LogP contribution >= 0.6 is 0 Å². The number of carbonyl (C=O) groups excluding carboxylic acids is 2. The number of hydrazone groups is 1. The summed E-state index contributed by atoms with van der Waals surface area (Å²) in [7, 11) is -10.2. The first kappa shape index (κ1) is 28.8. The van der Waals surface area contributed by atoms with Gasteiger partial charge in [0.1, 0.15) is 15.0 Å². The van der Waals surface area contributed by atoms with Crippen LogP contribution in [0.25, 0.3) is 10.8 Å². The molecule has 0 atom stereocenters. The molecule has 3 rings (SSSR count). The van der Waals surface area contributed by atoms with Gasteiger partial charge in [0, 0.05) is 10.8 Å². The zero-order valence-corrected chi connectivity index (χ0v) is 23.7. The van der Waals surface area contributed by atoms with Crippen molar-refractivity contribution in [3.63, 3.8) is 0 Å². The number of nitrogens with zero attached hydrogens (tertiary/aromatic N) is 2. The van der Waals surface area contributed by atoms with Crippen LogP contribution in [0, 0.1) is 0 Å². The summed E-state index contributed by atoms with van der Waals surface area (Å²) in [5.74, 6) is 2.22. The molecule has 0 radical (unpaired) electrons. The molecule has 2 amide bonds. The average Bonchev–Trinajstić information content (AvgIpc) is 2.61. The molecular weight excluding hydrogens is 512 g/mol. The third-order valence-corrected chi connectivity index (χ3v) is 5.68. The molecule has 0 aromatic heterocycles. The molecule has 0 unspecified atom stereocenters. The number of imide groups is 1. The minimum Gasteiger partial charge on any atom is -0.844 e. The molecule has 0 spiro atoms. The number of carbonyl (C=O) groups is 2. The molecule has 1 aliphatic rings. The van der Waals surface area contributed by atoms with Crippen LogP contribution in [0.1, 0.15) is 20.7 Å². The monoisotopic (exact) mass is 521 g/mol. The van der Waals surface area contributed by atoms with Crippen LogP contribution in [-0.2, 0) is 20.2 Å². The number of nitrogen functional groups attached to an aromatic ring is 1. The Morgan fingerprint density at radius 2 is 1.58 bits per heavy atom. The van der Waals surface area contributed by atoms with Crippen molar-refractivity contribution < 1.29 is 143 Å². The second kappa shape index (κ2) is 9.97. The summed E-state index contributed by atoms with van der Waals surface area (Å²) in [5.41, 5.74) is 5.61. The number of rotatable bonds is 3. The molecule has 154 valence electrons. The van der Waals surface area contributed by atoms with E-state index < -0.39 is 70.1 Å². The van der Waals surface area contributed by atoms with Crippen molar-refractivity contribution in [1.82, 2.24) is 10.4 Å². The number of amides is 2. The van der Waals surface area contributed by atoms with Gasteiger partial charge in [0.15, 0.2) is 0 Å². The zero-order valence-electron chi connectivity index (χ0n) is 15.8. The maximum atomic E-state index is 12.6. The number of hydrazine groups is 1. The van der Waals surface area contributed by atoms with Crippen LogP contribution < -0.4 is 125 Å². The van der Waals surface area contributed by atoms with Crippen molar-refractivity contribution in [3.8, 4) is 0 Å². The molecule has 2 aromatic carbocycles.